The first-order valence-corrected chi connectivity index (χ1v) is 8.46. The molecule has 0 spiro atoms. The van der Waals surface area contributed by atoms with E-state index in [1.54, 1.807) is 11.3 Å². The van der Waals surface area contributed by atoms with Crippen LogP contribution in [0.15, 0.2) is 12.1 Å². The highest BCUT2D eigenvalue weighted by molar-refractivity contribution is 7.22. The van der Waals surface area contributed by atoms with Gasteiger partial charge in [0, 0.05) is 19.6 Å². The highest BCUT2D eigenvalue weighted by Gasteiger charge is 2.10. The molecule has 2 heterocycles. The van der Waals surface area contributed by atoms with Crippen LogP contribution in [0.1, 0.15) is 17.5 Å². The molecule has 0 bridgehead atoms. The Balaban J connectivity index is 1.52. The lowest BCUT2D eigenvalue weighted by Crippen LogP contribution is -2.37. The summed E-state index contributed by atoms with van der Waals surface area (Å²) in [6, 6.07) is 4.35. The fraction of sp³-hybridized carbons (Fsp3) is 0.562. The second-order valence-electron chi connectivity index (χ2n) is 5.61. The summed E-state index contributed by atoms with van der Waals surface area (Å²) in [5.41, 5.74) is 3.76. The molecule has 114 valence electrons. The van der Waals surface area contributed by atoms with Gasteiger partial charge in [0.2, 0.25) is 0 Å². The van der Waals surface area contributed by atoms with E-state index in [1.165, 1.54) is 15.8 Å². The average Bonchev–Trinajstić information content (AvgIpc) is 2.93. The molecule has 0 atom stereocenters. The predicted octanol–water partition coefficient (Wildman–Crippen LogP) is 3.05. The highest BCUT2D eigenvalue weighted by atomic mass is 32.1. The summed E-state index contributed by atoms with van der Waals surface area (Å²) in [5.74, 6) is 0. The lowest BCUT2D eigenvalue weighted by atomic mass is 10.1. The number of morpholine rings is 1. The van der Waals surface area contributed by atoms with Gasteiger partial charge in [-0.15, -0.1) is 0 Å². The van der Waals surface area contributed by atoms with Gasteiger partial charge >= 0.3 is 0 Å². The van der Waals surface area contributed by atoms with Gasteiger partial charge in [-0.05, 0) is 44.0 Å². The van der Waals surface area contributed by atoms with E-state index in [9.17, 15) is 0 Å². The minimum absolute atomic E-state index is 0.879. The largest absolute Gasteiger partial charge is 0.379 e. The SMILES string of the molecule is Cc1ccc2sc(NCCCN3CCOCC3)nc2c1C. The third-order valence-corrected chi connectivity index (χ3v) is 5.09. The molecule has 2 aromatic rings. The molecule has 1 aromatic carbocycles. The van der Waals surface area contributed by atoms with Gasteiger partial charge in [0.15, 0.2) is 5.13 Å². The number of nitrogens with zero attached hydrogens (tertiary/aromatic N) is 2. The molecule has 1 saturated heterocycles. The number of thiazole rings is 1. The van der Waals surface area contributed by atoms with Gasteiger partial charge in [0.25, 0.3) is 0 Å². The molecule has 0 aliphatic carbocycles. The van der Waals surface area contributed by atoms with E-state index in [0.29, 0.717) is 0 Å². The number of rotatable bonds is 5. The number of hydrogen-bond donors (Lipinski definition) is 1. The average molecular weight is 305 g/mol. The Bertz CT molecular complexity index is 605. The van der Waals surface area contributed by atoms with Crippen molar-refractivity contribution < 1.29 is 4.74 Å². The van der Waals surface area contributed by atoms with E-state index in [0.717, 1.165) is 56.5 Å². The predicted molar refractivity (Wildman–Crippen MR) is 89.5 cm³/mol. The lowest BCUT2D eigenvalue weighted by molar-refractivity contribution is 0.0378. The normalized spacial score (nSPS) is 16.5. The summed E-state index contributed by atoms with van der Waals surface area (Å²) >= 11 is 1.75. The van der Waals surface area contributed by atoms with Gasteiger partial charge in [-0.3, -0.25) is 4.90 Å². The second-order valence-corrected chi connectivity index (χ2v) is 6.64. The highest BCUT2D eigenvalue weighted by Crippen LogP contribution is 2.29. The van der Waals surface area contributed by atoms with Crippen molar-refractivity contribution in [1.82, 2.24) is 9.88 Å². The van der Waals surface area contributed by atoms with Gasteiger partial charge in [-0.2, -0.15) is 0 Å². The summed E-state index contributed by atoms with van der Waals surface area (Å²) in [6.45, 7) is 10.3. The Morgan fingerprint density at radius 2 is 2.10 bits per heavy atom. The molecule has 1 fully saturated rings. The van der Waals surface area contributed by atoms with Crippen molar-refractivity contribution in [2.75, 3.05) is 44.7 Å². The monoisotopic (exact) mass is 305 g/mol. The molecule has 1 aliphatic rings. The number of anilines is 1. The molecule has 0 amide bonds. The van der Waals surface area contributed by atoms with E-state index in [4.69, 9.17) is 9.72 Å². The Kier molecular flexibility index (Phi) is 4.73. The van der Waals surface area contributed by atoms with Crippen LogP contribution in [0, 0.1) is 13.8 Å². The van der Waals surface area contributed by atoms with Crippen molar-refractivity contribution in [2.45, 2.75) is 20.3 Å². The lowest BCUT2D eigenvalue weighted by Gasteiger charge is -2.26. The molecule has 0 radical (unpaired) electrons. The quantitative estimate of drug-likeness (QED) is 0.862. The standard InChI is InChI=1S/C16H23N3OS/c1-12-4-5-14-15(13(12)2)18-16(21-14)17-6-3-7-19-8-10-20-11-9-19/h4-5H,3,6-11H2,1-2H3,(H,17,18). The zero-order valence-corrected chi connectivity index (χ0v) is 13.6. The van der Waals surface area contributed by atoms with Crippen LogP contribution in [0.25, 0.3) is 10.2 Å². The first-order valence-electron chi connectivity index (χ1n) is 7.65. The number of benzene rings is 1. The van der Waals surface area contributed by atoms with Crippen LogP contribution in [0.2, 0.25) is 0 Å². The summed E-state index contributed by atoms with van der Waals surface area (Å²) < 4.78 is 6.64. The summed E-state index contributed by atoms with van der Waals surface area (Å²) in [7, 11) is 0. The zero-order valence-electron chi connectivity index (χ0n) is 12.8. The van der Waals surface area contributed by atoms with Gasteiger partial charge in [0.05, 0.1) is 23.4 Å². The number of nitrogens with one attached hydrogen (secondary N) is 1. The second kappa shape index (κ2) is 6.73. The molecule has 5 heteroatoms. The third-order valence-electron chi connectivity index (χ3n) is 4.12. The van der Waals surface area contributed by atoms with Crippen LogP contribution in [0.5, 0.6) is 0 Å². The molecule has 1 aliphatic heterocycles. The molecule has 0 unspecified atom stereocenters. The Hall–Kier alpha value is -1.17. The van der Waals surface area contributed by atoms with Crippen molar-refractivity contribution in [1.29, 1.82) is 0 Å². The number of fused-ring (bicyclic) bond motifs is 1. The minimum atomic E-state index is 0.879. The van der Waals surface area contributed by atoms with E-state index in [1.807, 2.05) is 0 Å². The number of aryl methyl sites for hydroxylation is 2. The topological polar surface area (TPSA) is 37.4 Å². The minimum Gasteiger partial charge on any atom is -0.379 e. The van der Waals surface area contributed by atoms with Crippen LogP contribution in [0.3, 0.4) is 0 Å². The van der Waals surface area contributed by atoms with Gasteiger partial charge < -0.3 is 10.1 Å². The van der Waals surface area contributed by atoms with E-state index in [2.05, 4.69) is 36.2 Å². The number of hydrogen-bond acceptors (Lipinski definition) is 5. The van der Waals surface area contributed by atoms with Gasteiger partial charge in [-0.25, -0.2) is 4.98 Å². The molecular weight excluding hydrogens is 282 g/mol. The van der Waals surface area contributed by atoms with Gasteiger partial charge in [-0.1, -0.05) is 17.4 Å². The first kappa shape index (κ1) is 14.8. The maximum Gasteiger partial charge on any atom is 0.183 e. The number of aromatic nitrogens is 1. The van der Waals surface area contributed by atoms with Crippen molar-refractivity contribution in [3.63, 3.8) is 0 Å². The molecule has 1 N–H and O–H groups in total. The van der Waals surface area contributed by atoms with Crippen LogP contribution >= 0.6 is 11.3 Å². The fourth-order valence-electron chi connectivity index (χ4n) is 2.62. The smallest absolute Gasteiger partial charge is 0.183 e. The molecule has 1 aromatic heterocycles. The molecule has 0 saturated carbocycles. The summed E-state index contributed by atoms with van der Waals surface area (Å²) in [5, 5.41) is 4.51. The molecule has 21 heavy (non-hydrogen) atoms. The van der Waals surface area contributed by atoms with Crippen molar-refractivity contribution in [2.24, 2.45) is 0 Å². The molecule has 3 rings (SSSR count). The zero-order chi connectivity index (χ0) is 14.7. The van der Waals surface area contributed by atoms with E-state index in [-0.39, 0.29) is 0 Å². The first-order chi connectivity index (χ1) is 10.2. The summed E-state index contributed by atoms with van der Waals surface area (Å²) in [6.07, 6.45) is 1.15. The van der Waals surface area contributed by atoms with E-state index < -0.39 is 0 Å². The van der Waals surface area contributed by atoms with Crippen molar-refractivity contribution in [3.05, 3.63) is 23.3 Å². The maximum atomic E-state index is 5.36. The van der Waals surface area contributed by atoms with Crippen molar-refractivity contribution >= 4 is 26.7 Å². The van der Waals surface area contributed by atoms with Crippen LogP contribution < -0.4 is 5.32 Å². The molecular formula is C16H23N3OS. The third kappa shape index (κ3) is 3.54. The maximum absolute atomic E-state index is 5.36. The van der Waals surface area contributed by atoms with Gasteiger partial charge in [0.1, 0.15) is 0 Å². The van der Waals surface area contributed by atoms with Crippen LogP contribution in [0.4, 0.5) is 5.13 Å². The van der Waals surface area contributed by atoms with Crippen LogP contribution in [-0.2, 0) is 4.74 Å². The Labute approximate surface area is 130 Å². The summed E-state index contributed by atoms with van der Waals surface area (Å²) in [4.78, 5) is 7.20. The Morgan fingerprint density at radius 1 is 1.29 bits per heavy atom. The molecule has 4 nitrogen and oxygen atoms in total. The van der Waals surface area contributed by atoms with E-state index >= 15 is 0 Å². The number of ether oxygens (including phenoxy) is 1. The van der Waals surface area contributed by atoms with Crippen LogP contribution in [-0.4, -0.2) is 49.3 Å². The fourth-order valence-corrected chi connectivity index (χ4v) is 3.58. The Morgan fingerprint density at radius 3 is 2.90 bits per heavy atom. The van der Waals surface area contributed by atoms with Crippen molar-refractivity contribution in [3.8, 4) is 0 Å².